The van der Waals surface area contributed by atoms with Gasteiger partial charge in [0.25, 0.3) is 0 Å². The number of aliphatic carboxylic acids is 1. The molecule has 0 unspecified atom stereocenters. The summed E-state index contributed by atoms with van der Waals surface area (Å²) in [6, 6.07) is -0.273. The number of nitrogens with zero attached hydrogens (tertiary/aromatic N) is 2. The topological polar surface area (TPSA) is 60.9 Å². The molecular formula is C14H24N2O3. The Kier molecular flexibility index (Phi) is 8.43. The highest BCUT2D eigenvalue weighted by atomic mass is 16.4. The molecule has 0 saturated carbocycles. The minimum absolute atomic E-state index is 0.0160. The fraction of sp³-hybridized carbons (Fsp3) is 0.714. The number of carbonyl (C=O) groups is 2. The fourth-order valence-corrected chi connectivity index (χ4v) is 1.75. The maximum Gasteiger partial charge on any atom is 0.323 e. The highest BCUT2D eigenvalue weighted by molar-refractivity contribution is 5.80. The van der Waals surface area contributed by atoms with Crippen molar-refractivity contribution in [1.29, 1.82) is 0 Å². The standard InChI is InChI=1S/C14H24N2O3/c1-5-7-8-10-16(12(3)4)14(19)15(9-6-2)11-13(17)18/h2,12H,5,7-11H2,1,3-4H3,(H,17,18). The maximum absolute atomic E-state index is 12.3. The summed E-state index contributed by atoms with van der Waals surface area (Å²) in [5.41, 5.74) is 0. The smallest absolute Gasteiger partial charge is 0.323 e. The molecular weight excluding hydrogens is 244 g/mol. The molecule has 0 aliphatic carbocycles. The molecule has 0 bridgehead atoms. The van der Waals surface area contributed by atoms with Crippen LogP contribution in [0.2, 0.25) is 0 Å². The van der Waals surface area contributed by atoms with Crippen molar-refractivity contribution in [2.24, 2.45) is 0 Å². The van der Waals surface area contributed by atoms with Crippen LogP contribution < -0.4 is 0 Å². The molecule has 0 aromatic carbocycles. The van der Waals surface area contributed by atoms with Crippen LogP contribution >= 0.6 is 0 Å². The fourth-order valence-electron chi connectivity index (χ4n) is 1.75. The van der Waals surface area contributed by atoms with E-state index in [0.717, 1.165) is 19.3 Å². The first kappa shape index (κ1) is 17.3. The van der Waals surface area contributed by atoms with Gasteiger partial charge in [0.15, 0.2) is 0 Å². The Bertz CT molecular complexity index is 334. The Morgan fingerprint density at radius 3 is 2.37 bits per heavy atom. The lowest BCUT2D eigenvalue weighted by atomic mass is 10.2. The van der Waals surface area contributed by atoms with E-state index in [9.17, 15) is 9.59 Å². The number of hydrogen-bond acceptors (Lipinski definition) is 2. The minimum Gasteiger partial charge on any atom is -0.480 e. The number of unbranched alkanes of at least 4 members (excludes halogenated alkanes) is 2. The van der Waals surface area contributed by atoms with Gasteiger partial charge in [-0.15, -0.1) is 6.42 Å². The summed E-state index contributed by atoms with van der Waals surface area (Å²) in [5, 5.41) is 8.81. The highest BCUT2D eigenvalue weighted by Crippen LogP contribution is 2.08. The summed E-state index contributed by atoms with van der Waals surface area (Å²) in [5.74, 6) is 1.28. The van der Waals surface area contributed by atoms with Gasteiger partial charge in [-0.1, -0.05) is 25.7 Å². The zero-order valence-electron chi connectivity index (χ0n) is 12.1. The first-order valence-electron chi connectivity index (χ1n) is 6.64. The van der Waals surface area contributed by atoms with Gasteiger partial charge in [-0.2, -0.15) is 0 Å². The third kappa shape index (κ3) is 6.70. The average molecular weight is 268 g/mol. The third-order valence-corrected chi connectivity index (χ3v) is 2.75. The van der Waals surface area contributed by atoms with Crippen LogP contribution in [0, 0.1) is 12.3 Å². The lowest BCUT2D eigenvalue weighted by Crippen LogP contribution is -2.48. The van der Waals surface area contributed by atoms with Gasteiger partial charge < -0.3 is 14.9 Å². The molecule has 0 atom stereocenters. The van der Waals surface area contributed by atoms with E-state index in [-0.39, 0.29) is 25.2 Å². The van der Waals surface area contributed by atoms with Gasteiger partial charge in [0.2, 0.25) is 0 Å². The van der Waals surface area contributed by atoms with Gasteiger partial charge in [0.1, 0.15) is 6.54 Å². The van der Waals surface area contributed by atoms with Crippen molar-refractivity contribution in [2.75, 3.05) is 19.6 Å². The number of urea groups is 1. The summed E-state index contributed by atoms with van der Waals surface area (Å²) < 4.78 is 0. The van der Waals surface area contributed by atoms with Gasteiger partial charge >= 0.3 is 12.0 Å². The van der Waals surface area contributed by atoms with Crippen molar-refractivity contribution in [1.82, 2.24) is 9.80 Å². The molecule has 0 fully saturated rings. The predicted octanol–water partition coefficient (Wildman–Crippen LogP) is 2.03. The lowest BCUT2D eigenvalue weighted by Gasteiger charge is -2.31. The van der Waals surface area contributed by atoms with Crippen molar-refractivity contribution in [3.05, 3.63) is 0 Å². The SMILES string of the molecule is C#CCN(CC(=O)O)C(=O)N(CCCCC)C(C)C. The van der Waals surface area contributed by atoms with E-state index < -0.39 is 5.97 Å². The molecule has 0 radical (unpaired) electrons. The molecule has 0 spiro atoms. The summed E-state index contributed by atoms with van der Waals surface area (Å²) >= 11 is 0. The van der Waals surface area contributed by atoms with E-state index in [0.29, 0.717) is 6.54 Å². The molecule has 0 aliphatic heterocycles. The number of rotatable bonds is 8. The minimum atomic E-state index is -1.05. The van der Waals surface area contributed by atoms with Crippen LogP contribution in [0.5, 0.6) is 0 Å². The molecule has 0 aromatic heterocycles. The van der Waals surface area contributed by atoms with Crippen LogP contribution in [0.3, 0.4) is 0 Å². The number of amides is 2. The lowest BCUT2D eigenvalue weighted by molar-refractivity contribution is -0.137. The van der Waals surface area contributed by atoms with Gasteiger partial charge in [-0.3, -0.25) is 4.79 Å². The van der Waals surface area contributed by atoms with Crippen LogP contribution in [0.15, 0.2) is 0 Å². The second-order valence-electron chi connectivity index (χ2n) is 4.73. The molecule has 1 N–H and O–H groups in total. The molecule has 108 valence electrons. The Morgan fingerprint density at radius 2 is 1.95 bits per heavy atom. The zero-order valence-corrected chi connectivity index (χ0v) is 12.1. The number of carbonyl (C=O) groups excluding carboxylic acids is 1. The predicted molar refractivity (Wildman–Crippen MR) is 74.8 cm³/mol. The van der Waals surface area contributed by atoms with Crippen LogP contribution in [0.4, 0.5) is 4.79 Å². The molecule has 2 amide bonds. The van der Waals surface area contributed by atoms with Crippen LogP contribution in [-0.2, 0) is 4.79 Å². The molecule has 0 saturated heterocycles. The second kappa shape index (κ2) is 9.26. The summed E-state index contributed by atoms with van der Waals surface area (Å²) in [6.07, 6.45) is 8.22. The largest absolute Gasteiger partial charge is 0.480 e. The van der Waals surface area contributed by atoms with Crippen molar-refractivity contribution in [3.63, 3.8) is 0 Å². The molecule has 0 heterocycles. The quantitative estimate of drug-likeness (QED) is 0.541. The maximum atomic E-state index is 12.3. The van der Waals surface area contributed by atoms with E-state index in [1.807, 2.05) is 13.8 Å². The highest BCUT2D eigenvalue weighted by Gasteiger charge is 2.23. The van der Waals surface area contributed by atoms with E-state index in [1.54, 1.807) is 4.90 Å². The van der Waals surface area contributed by atoms with E-state index in [1.165, 1.54) is 4.90 Å². The number of terminal acetylenes is 1. The first-order valence-corrected chi connectivity index (χ1v) is 6.64. The normalized spacial score (nSPS) is 10.1. The van der Waals surface area contributed by atoms with Crippen LogP contribution in [-0.4, -0.2) is 52.6 Å². The van der Waals surface area contributed by atoms with E-state index in [2.05, 4.69) is 12.8 Å². The van der Waals surface area contributed by atoms with Gasteiger partial charge in [-0.05, 0) is 20.3 Å². The Morgan fingerprint density at radius 1 is 1.32 bits per heavy atom. The van der Waals surface area contributed by atoms with Crippen molar-refractivity contribution >= 4 is 12.0 Å². The Hall–Kier alpha value is -1.70. The molecule has 5 nitrogen and oxygen atoms in total. The van der Waals surface area contributed by atoms with E-state index in [4.69, 9.17) is 11.5 Å². The summed E-state index contributed by atoms with van der Waals surface area (Å²) in [7, 11) is 0. The van der Waals surface area contributed by atoms with Crippen LogP contribution in [0.25, 0.3) is 0 Å². The van der Waals surface area contributed by atoms with Gasteiger partial charge in [-0.25, -0.2) is 4.79 Å². The number of carboxylic acid groups (broad SMARTS) is 1. The van der Waals surface area contributed by atoms with E-state index >= 15 is 0 Å². The van der Waals surface area contributed by atoms with Crippen molar-refractivity contribution in [3.8, 4) is 12.3 Å². The average Bonchev–Trinajstić information content (AvgIpc) is 2.32. The molecule has 19 heavy (non-hydrogen) atoms. The Balaban J connectivity index is 4.72. The zero-order chi connectivity index (χ0) is 14.8. The monoisotopic (exact) mass is 268 g/mol. The summed E-state index contributed by atoms with van der Waals surface area (Å²) in [4.78, 5) is 25.9. The third-order valence-electron chi connectivity index (χ3n) is 2.75. The van der Waals surface area contributed by atoms with Crippen molar-refractivity contribution in [2.45, 2.75) is 46.1 Å². The molecule has 0 aromatic rings. The number of carboxylic acids is 1. The molecule has 0 rings (SSSR count). The summed E-state index contributed by atoms with van der Waals surface area (Å²) in [6.45, 7) is 6.21. The molecule has 0 aliphatic rings. The molecule has 5 heteroatoms. The Labute approximate surface area is 115 Å². The van der Waals surface area contributed by atoms with Gasteiger partial charge in [0.05, 0.1) is 6.54 Å². The van der Waals surface area contributed by atoms with Crippen molar-refractivity contribution < 1.29 is 14.7 Å². The van der Waals surface area contributed by atoms with Gasteiger partial charge in [0, 0.05) is 12.6 Å². The van der Waals surface area contributed by atoms with Crippen LogP contribution in [0.1, 0.15) is 40.0 Å². The number of hydrogen-bond donors (Lipinski definition) is 1. The first-order chi connectivity index (χ1) is 8.93. The second-order valence-corrected chi connectivity index (χ2v) is 4.73.